The van der Waals surface area contributed by atoms with Gasteiger partial charge in [-0.25, -0.2) is 0 Å². The number of aliphatic hydroxyl groups is 1. The van der Waals surface area contributed by atoms with E-state index in [0.717, 1.165) is 13.0 Å². The maximum absolute atomic E-state index is 9.73. The first-order chi connectivity index (χ1) is 9.61. The average molecular weight is 268 g/mol. The number of nitrogens with zero attached hydrogens (tertiary/aromatic N) is 1. The molecule has 3 nitrogen and oxygen atoms in total. The van der Waals surface area contributed by atoms with Crippen LogP contribution in [0.5, 0.6) is 0 Å². The number of rotatable bonds is 1. The van der Waals surface area contributed by atoms with E-state index in [9.17, 15) is 5.11 Å². The number of hydrogen-bond acceptors (Lipinski definition) is 2. The Labute approximate surface area is 118 Å². The molecule has 2 aliphatic rings. The van der Waals surface area contributed by atoms with Crippen LogP contribution in [0.1, 0.15) is 18.1 Å². The second-order valence-corrected chi connectivity index (χ2v) is 6.59. The van der Waals surface area contributed by atoms with E-state index in [2.05, 4.69) is 54.3 Å². The van der Waals surface area contributed by atoms with Crippen LogP contribution in [0.4, 0.5) is 0 Å². The number of aromatic amines is 1. The molecule has 0 amide bonds. The van der Waals surface area contributed by atoms with E-state index in [1.54, 1.807) is 0 Å². The first-order valence-electron chi connectivity index (χ1n) is 7.24. The van der Waals surface area contributed by atoms with Crippen molar-refractivity contribution in [2.45, 2.75) is 19.4 Å². The molecule has 0 bridgehead atoms. The molecule has 1 aliphatic carbocycles. The summed E-state index contributed by atoms with van der Waals surface area (Å²) >= 11 is 0. The molecule has 20 heavy (non-hydrogen) atoms. The molecular formula is C17H20N2O. The van der Waals surface area contributed by atoms with Crippen molar-refractivity contribution in [1.82, 2.24) is 9.88 Å². The van der Waals surface area contributed by atoms with E-state index < -0.39 is 0 Å². The summed E-state index contributed by atoms with van der Waals surface area (Å²) in [5, 5.41) is 11.1. The summed E-state index contributed by atoms with van der Waals surface area (Å²) < 4.78 is 0. The summed E-state index contributed by atoms with van der Waals surface area (Å²) in [5.41, 5.74) is 5.21. The Kier molecular flexibility index (Phi) is 2.41. The second kappa shape index (κ2) is 3.96. The van der Waals surface area contributed by atoms with Gasteiger partial charge in [-0.05, 0) is 36.2 Å². The standard InChI is InChI=1S/C17H20N2O/c1-17(10-20)7-13-12-4-3-5-14-16(12)11(8-18-14)6-15(13)19(2)9-17/h3-5,7-8,15,18,20H,6,9-10H2,1-2H3/t15-,17-/m1/s1. The number of fused-ring (bicyclic) bond motifs is 2. The Balaban J connectivity index is 1.99. The zero-order valence-corrected chi connectivity index (χ0v) is 12.0. The molecular weight excluding hydrogens is 248 g/mol. The van der Waals surface area contributed by atoms with Gasteiger partial charge in [0.25, 0.3) is 0 Å². The van der Waals surface area contributed by atoms with Crippen LogP contribution >= 0.6 is 0 Å². The van der Waals surface area contributed by atoms with Gasteiger partial charge >= 0.3 is 0 Å². The van der Waals surface area contributed by atoms with Gasteiger partial charge in [0, 0.05) is 35.1 Å². The average Bonchev–Trinajstić information content (AvgIpc) is 2.85. The maximum atomic E-state index is 9.73. The molecule has 104 valence electrons. The van der Waals surface area contributed by atoms with E-state index in [0.29, 0.717) is 6.04 Å². The van der Waals surface area contributed by atoms with Crippen molar-refractivity contribution >= 4 is 16.5 Å². The Morgan fingerprint density at radius 1 is 1.45 bits per heavy atom. The smallest absolute Gasteiger partial charge is 0.0531 e. The fourth-order valence-electron chi connectivity index (χ4n) is 3.92. The van der Waals surface area contributed by atoms with Gasteiger partial charge in [0.2, 0.25) is 0 Å². The third-order valence-corrected chi connectivity index (χ3v) is 4.88. The van der Waals surface area contributed by atoms with Crippen LogP contribution in [0.25, 0.3) is 16.5 Å². The number of nitrogens with one attached hydrogen (secondary N) is 1. The number of likely N-dealkylation sites (N-methyl/N-ethyl adjacent to an activating group) is 1. The molecule has 2 aromatic rings. The molecule has 1 aromatic heterocycles. The molecule has 0 spiro atoms. The van der Waals surface area contributed by atoms with Crippen LogP contribution in [0.2, 0.25) is 0 Å². The molecule has 1 aliphatic heterocycles. The third-order valence-electron chi connectivity index (χ3n) is 4.88. The highest BCUT2D eigenvalue weighted by molar-refractivity contribution is 5.98. The van der Waals surface area contributed by atoms with Crippen LogP contribution in [0, 0.1) is 5.41 Å². The minimum absolute atomic E-state index is 0.142. The summed E-state index contributed by atoms with van der Waals surface area (Å²) in [6.07, 6.45) is 5.52. The van der Waals surface area contributed by atoms with Crippen molar-refractivity contribution in [3.8, 4) is 0 Å². The Bertz CT molecular complexity index is 715. The normalized spacial score (nSPS) is 29.4. The first-order valence-corrected chi connectivity index (χ1v) is 7.24. The van der Waals surface area contributed by atoms with E-state index in [4.69, 9.17) is 0 Å². The van der Waals surface area contributed by atoms with Crippen molar-refractivity contribution in [3.63, 3.8) is 0 Å². The molecule has 3 heteroatoms. The van der Waals surface area contributed by atoms with Gasteiger partial charge in [0.15, 0.2) is 0 Å². The highest BCUT2D eigenvalue weighted by Crippen LogP contribution is 2.43. The van der Waals surface area contributed by atoms with Crippen LogP contribution < -0.4 is 0 Å². The molecule has 2 atom stereocenters. The van der Waals surface area contributed by atoms with E-state index >= 15 is 0 Å². The van der Waals surface area contributed by atoms with E-state index in [-0.39, 0.29) is 12.0 Å². The third kappa shape index (κ3) is 1.54. The second-order valence-electron chi connectivity index (χ2n) is 6.59. The van der Waals surface area contributed by atoms with E-state index in [1.165, 1.54) is 27.6 Å². The van der Waals surface area contributed by atoms with Crippen molar-refractivity contribution in [2.24, 2.45) is 5.41 Å². The number of H-pyrrole nitrogens is 1. The first kappa shape index (κ1) is 12.2. The van der Waals surface area contributed by atoms with Gasteiger partial charge in [-0.15, -0.1) is 0 Å². The quantitative estimate of drug-likeness (QED) is 0.833. The van der Waals surface area contributed by atoms with Crippen molar-refractivity contribution in [2.75, 3.05) is 20.2 Å². The molecule has 0 saturated heterocycles. The molecule has 0 fully saturated rings. The molecule has 1 aromatic carbocycles. The lowest BCUT2D eigenvalue weighted by Crippen LogP contribution is -2.47. The number of benzene rings is 1. The minimum Gasteiger partial charge on any atom is -0.395 e. The van der Waals surface area contributed by atoms with Crippen molar-refractivity contribution in [1.29, 1.82) is 0 Å². The predicted octanol–water partition coefficient (Wildman–Crippen LogP) is 2.42. The van der Waals surface area contributed by atoms with E-state index in [1.807, 2.05) is 0 Å². The fraction of sp³-hybridized carbons (Fsp3) is 0.412. The van der Waals surface area contributed by atoms with Gasteiger partial charge in [0.1, 0.15) is 0 Å². The van der Waals surface area contributed by atoms with Gasteiger partial charge in [0.05, 0.1) is 6.61 Å². The van der Waals surface area contributed by atoms with Crippen molar-refractivity contribution in [3.05, 3.63) is 41.6 Å². The van der Waals surface area contributed by atoms with Crippen LogP contribution in [-0.4, -0.2) is 41.2 Å². The Morgan fingerprint density at radius 2 is 2.30 bits per heavy atom. The summed E-state index contributed by atoms with van der Waals surface area (Å²) in [6.45, 7) is 3.25. The molecule has 0 unspecified atom stereocenters. The Hall–Kier alpha value is -1.58. The maximum Gasteiger partial charge on any atom is 0.0531 e. The number of aliphatic hydroxyl groups excluding tert-OH is 1. The molecule has 2 N–H and O–H groups in total. The van der Waals surface area contributed by atoms with Crippen LogP contribution in [-0.2, 0) is 6.42 Å². The highest BCUT2D eigenvalue weighted by Gasteiger charge is 2.37. The molecule has 4 rings (SSSR count). The monoisotopic (exact) mass is 268 g/mol. The highest BCUT2D eigenvalue weighted by atomic mass is 16.3. The zero-order valence-electron chi connectivity index (χ0n) is 12.0. The number of aromatic nitrogens is 1. The summed E-state index contributed by atoms with van der Waals surface area (Å²) in [6, 6.07) is 6.91. The lowest BCUT2D eigenvalue weighted by Gasteiger charge is -2.43. The van der Waals surface area contributed by atoms with Crippen LogP contribution in [0.15, 0.2) is 30.5 Å². The van der Waals surface area contributed by atoms with Crippen molar-refractivity contribution < 1.29 is 5.11 Å². The topological polar surface area (TPSA) is 39.3 Å². The zero-order chi connectivity index (χ0) is 13.9. The Morgan fingerprint density at radius 3 is 3.10 bits per heavy atom. The van der Waals surface area contributed by atoms with Gasteiger partial charge in [-0.2, -0.15) is 0 Å². The predicted molar refractivity (Wildman–Crippen MR) is 81.6 cm³/mol. The lowest BCUT2D eigenvalue weighted by molar-refractivity contribution is 0.117. The lowest BCUT2D eigenvalue weighted by atomic mass is 9.75. The van der Waals surface area contributed by atoms with Gasteiger partial charge < -0.3 is 10.1 Å². The van der Waals surface area contributed by atoms with Crippen LogP contribution in [0.3, 0.4) is 0 Å². The van der Waals surface area contributed by atoms with Gasteiger partial charge in [-0.1, -0.05) is 25.1 Å². The molecule has 0 radical (unpaired) electrons. The summed E-state index contributed by atoms with van der Waals surface area (Å²) in [4.78, 5) is 5.77. The minimum atomic E-state index is -0.142. The molecule has 2 heterocycles. The summed E-state index contributed by atoms with van der Waals surface area (Å²) in [7, 11) is 2.17. The fourth-order valence-corrected chi connectivity index (χ4v) is 3.92. The largest absolute Gasteiger partial charge is 0.395 e. The SMILES string of the molecule is CN1C[C@](C)(CO)C=C2c3cccc4[nH]cc(c34)C[C@H]21. The van der Waals surface area contributed by atoms with Gasteiger partial charge in [-0.3, -0.25) is 4.90 Å². The molecule has 0 saturated carbocycles. The number of hydrogen-bond donors (Lipinski definition) is 2. The summed E-state index contributed by atoms with van der Waals surface area (Å²) in [5.74, 6) is 0.